The molecule has 1 aliphatic rings. The highest BCUT2D eigenvalue weighted by atomic mass is 16.6. The van der Waals surface area contributed by atoms with E-state index in [4.69, 9.17) is 14.2 Å². The molecule has 2 amide bonds. The van der Waals surface area contributed by atoms with Crippen LogP contribution in [0.5, 0.6) is 17.2 Å². The fourth-order valence-electron chi connectivity index (χ4n) is 4.31. The third-order valence-corrected chi connectivity index (χ3v) is 6.22. The second-order valence-corrected chi connectivity index (χ2v) is 10.6. The molecule has 3 aromatic rings. The minimum Gasteiger partial charge on any atom is -0.508 e. The number of carbonyl (C=O) groups excluding carboxylic acids is 3. The topological polar surface area (TPSA) is 114 Å². The van der Waals surface area contributed by atoms with Crippen molar-refractivity contribution in [3.8, 4) is 17.2 Å². The average molecular weight is 547 g/mol. The van der Waals surface area contributed by atoms with Crippen molar-refractivity contribution in [1.29, 1.82) is 0 Å². The summed E-state index contributed by atoms with van der Waals surface area (Å²) in [5, 5.41) is 12.5. The van der Waals surface area contributed by atoms with Crippen molar-refractivity contribution >= 4 is 18.0 Å². The Morgan fingerprint density at radius 1 is 0.925 bits per heavy atom. The third-order valence-electron chi connectivity index (χ3n) is 6.22. The lowest BCUT2D eigenvalue weighted by Gasteiger charge is -2.30. The van der Waals surface area contributed by atoms with Crippen LogP contribution in [0.4, 0.5) is 4.79 Å². The molecule has 0 saturated carbocycles. The number of nitrogens with one attached hydrogen (secondary N) is 1. The summed E-state index contributed by atoms with van der Waals surface area (Å²) in [4.78, 5) is 41.0. The second-order valence-electron chi connectivity index (χ2n) is 10.6. The van der Waals surface area contributed by atoms with E-state index >= 15 is 0 Å². The van der Waals surface area contributed by atoms with Gasteiger partial charge in [0.05, 0.1) is 6.04 Å². The first kappa shape index (κ1) is 28.5. The molecule has 2 N–H and O–H groups in total. The number of hydrogen-bond acceptors (Lipinski definition) is 7. The van der Waals surface area contributed by atoms with Crippen molar-refractivity contribution in [1.82, 2.24) is 10.2 Å². The lowest BCUT2D eigenvalue weighted by atomic mass is 10.1. The number of para-hydroxylation sites is 2. The van der Waals surface area contributed by atoms with Crippen molar-refractivity contribution in [3.63, 3.8) is 0 Å². The van der Waals surface area contributed by atoms with Crippen molar-refractivity contribution in [2.45, 2.75) is 51.4 Å². The summed E-state index contributed by atoms with van der Waals surface area (Å²) in [5.74, 6) is -0.0852. The molecule has 1 fully saturated rings. The quantitative estimate of drug-likeness (QED) is 0.390. The molecule has 210 valence electrons. The molecule has 4 rings (SSSR count). The van der Waals surface area contributed by atoms with Crippen molar-refractivity contribution < 1.29 is 33.7 Å². The summed E-state index contributed by atoms with van der Waals surface area (Å²) >= 11 is 0. The average Bonchev–Trinajstić information content (AvgIpc) is 3.11. The van der Waals surface area contributed by atoms with Gasteiger partial charge in [0.15, 0.2) is 0 Å². The minimum atomic E-state index is -0.731. The number of phenols is 1. The van der Waals surface area contributed by atoms with E-state index in [1.165, 1.54) is 29.2 Å². The van der Waals surface area contributed by atoms with Gasteiger partial charge in [0, 0.05) is 18.7 Å². The maximum atomic E-state index is 13.4. The molecule has 0 radical (unpaired) electrons. The maximum absolute atomic E-state index is 13.4. The molecule has 1 saturated heterocycles. The smallest absolute Gasteiger partial charge is 0.410 e. The number of amides is 2. The van der Waals surface area contributed by atoms with Crippen LogP contribution in [-0.4, -0.2) is 58.8 Å². The Hall–Kier alpha value is -4.53. The lowest BCUT2D eigenvalue weighted by Crippen LogP contribution is -2.51. The van der Waals surface area contributed by atoms with E-state index in [0.29, 0.717) is 36.4 Å². The number of likely N-dealkylation sites (tertiary alicyclic amines) is 1. The van der Waals surface area contributed by atoms with Crippen LogP contribution < -0.4 is 10.1 Å². The SMILES string of the molecule is CC(C)(C)OC(=O)N1CCCC(OC(=O)c2ccccc2Oc2ccccc2)C(NC(=O)c2ccc(O)cc2)C1. The molecule has 0 aliphatic carbocycles. The molecular formula is C31H34N2O7. The van der Waals surface area contributed by atoms with Crippen LogP contribution in [0.1, 0.15) is 54.3 Å². The largest absolute Gasteiger partial charge is 0.508 e. The molecule has 3 aromatic carbocycles. The van der Waals surface area contributed by atoms with Crippen LogP contribution in [0, 0.1) is 0 Å². The van der Waals surface area contributed by atoms with E-state index in [1.807, 2.05) is 18.2 Å². The zero-order valence-electron chi connectivity index (χ0n) is 22.8. The standard InChI is InChI=1S/C31H34N2O7/c1-31(2,3)40-30(37)33-19-9-14-27(25(20-33)32-28(35)21-15-17-22(34)18-16-21)39-29(36)24-12-7-8-13-26(24)38-23-10-5-4-6-11-23/h4-8,10-13,15-18,25,27,34H,9,14,19-20H2,1-3H3,(H,32,35). The molecule has 40 heavy (non-hydrogen) atoms. The van der Waals surface area contributed by atoms with Gasteiger partial charge < -0.3 is 29.5 Å². The molecule has 0 aromatic heterocycles. The first-order valence-corrected chi connectivity index (χ1v) is 13.2. The highest BCUT2D eigenvalue weighted by molar-refractivity contribution is 5.95. The van der Waals surface area contributed by atoms with Crippen LogP contribution in [0.3, 0.4) is 0 Å². The molecule has 2 unspecified atom stereocenters. The fourth-order valence-corrected chi connectivity index (χ4v) is 4.31. The first-order chi connectivity index (χ1) is 19.1. The number of nitrogens with zero attached hydrogens (tertiary/aromatic N) is 1. The van der Waals surface area contributed by atoms with Gasteiger partial charge in [0.25, 0.3) is 5.91 Å². The van der Waals surface area contributed by atoms with Gasteiger partial charge in [-0.3, -0.25) is 4.79 Å². The first-order valence-electron chi connectivity index (χ1n) is 13.2. The number of esters is 1. The number of rotatable bonds is 6. The number of carbonyl (C=O) groups is 3. The molecule has 9 nitrogen and oxygen atoms in total. The van der Waals surface area contributed by atoms with E-state index in [0.717, 1.165) is 0 Å². The number of ether oxygens (including phenoxy) is 3. The highest BCUT2D eigenvalue weighted by Gasteiger charge is 2.35. The molecule has 9 heteroatoms. The molecule has 0 spiro atoms. The molecule has 1 aliphatic heterocycles. The van der Waals surface area contributed by atoms with Gasteiger partial charge >= 0.3 is 12.1 Å². The maximum Gasteiger partial charge on any atom is 0.410 e. The van der Waals surface area contributed by atoms with Crippen LogP contribution in [0.25, 0.3) is 0 Å². The Bertz CT molecular complexity index is 1320. The van der Waals surface area contributed by atoms with E-state index in [-0.39, 0.29) is 17.9 Å². The molecule has 1 heterocycles. The van der Waals surface area contributed by atoms with E-state index in [1.54, 1.807) is 57.2 Å². The fraction of sp³-hybridized carbons (Fsp3) is 0.323. The monoisotopic (exact) mass is 546 g/mol. The molecule has 2 atom stereocenters. The van der Waals surface area contributed by atoms with Crippen molar-refractivity contribution in [2.24, 2.45) is 0 Å². The third kappa shape index (κ3) is 7.75. The summed E-state index contributed by atoms with van der Waals surface area (Å²) in [5.41, 5.74) is -0.136. The highest BCUT2D eigenvalue weighted by Crippen LogP contribution is 2.27. The summed E-state index contributed by atoms with van der Waals surface area (Å²) < 4.78 is 17.5. The van der Waals surface area contributed by atoms with Crippen molar-refractivity contribution in [3.05, 3.63) is 90.0 Å². The predicted molar refractivity (Wildman–Crippen MR) is 149 cm³/mol. The Kier molecular flexibility index (Phi) is 8.93. The van der Waals surface area contributed by atoms with Gasteiger partial charge in [-0.1, -0.05) is 30.3 Å². The second kappa shape index (κ2) is 12.5. The van der Waals surface area contributed by atoms with Gasteiger partial charge in [-0.15, -0.1) is 0 Å². The Morgan fingerprint density at radius 2 is 1.60 bits per heavy atom. The summed E-state index contributed by atoms with van der Waals surface area (Å²) in [6, 6.07) is 21.0. The predicted octanol–water partition coefficient (Wildman–Crippen LogP) is 5.54. The number of aromatic hydroxyl groups is 1. The summed E-state index contributed by atoms with van der Waals surface area (Å²) in [6.07, 6.45) is -0.297. The number of hydrogen-bond donors (Lipinski definition) is 2. The lowest BCUT2D eigenvalue weighted by molar-refractivity contribution is 0.0126. The zero-order valence-corrected chi connectivity index (χ0v) is 22.8. The van der Waals surface area contributed by atoms with Crippen molar-refractivity contribution in [2.75, 3.05) is 13.1 Å². The van der Waals surface area contributed by atoms with Gasteiger partial charge in [-0.25, -0.2) is 9.59 Å². The molecule has 0 bridgehead atoms. The van der Waals surface area contributed by atoms with Crippen LogP contribution >= 0.6 is 0 Å². The van der Waals surface area contributed by atoms with Gasteiger partial charge in [0.2, 0.25) is 0 Å². The number of phenolic OH excluding ortho intramolecular Hbond substituents is 1. The summed E-state index contributed by atoms with van der Waals surface area (Å²) in [7, 11) is 0. The van der Waals surface area contributed by atoms with Crippen LogP contribution in [0.2, 0.25) is 0 Å². The van der Waals surface area contributed by atoms with Crippen LogP contribution in [-0.2, 0) is 9.47 Å². The Morgan fingerprint density at radius 3 is 2.30 bits per heavy atom. The normalized spacial score (nSPS) is 17.3. The zero-order chi connectivity index (χ0) is 28.7. The van der Waals surface area contributed by atoms with Gasteiger partial charge in [-0.05, 0) is 82.1 Å². The van der Waals surface area contributed by atoms with Gasteiger partial charge in [0.1, 0.15) is 34.5 Å². The van der Waals surface area contributed by atoms with E-state index in [2.05, 4.69) is 5.32 Å². The molecular weight excluding hydrogens is 512 g/mol. The Labute approximate surface area is 233 Å². The number of benzene rings is 3. The Balaban J connectivity index is 1.56. The summed E-state index contributed by atoms with van der Waals surface area (Å²) in [6.45, 7) is 5.81. The van der Waals surface area contributed by atoms with E-state index in [9.17, 15) is 19.5 Å². The minimum absolute atomic E-state index is 0.0327. The van der Waals surface area contributed by atoms with Crippen LogP contribution in [0.15, 0.2) is 78.9 Å². The van der Waals surface area contributed by atoms with Gasteiger partial charge in [-0.2, -0.15) is 0 Å². The van der Waals surface area contributed by atoms with E-state index < -0.39 is 35.7 Å².